The molecule has 0 aromatic rings. The van der Waals surface area contributed by atoms with Crippen molar-refractivity contribution in [2.45, 2.75) is 26.4 Å². The maximum atomic E-state index is 5.03. The molecular weight excluding hydrogens is 163 g/mol. The standard InChI is InChI=1S/C5H10OS2.Na.H/c1-5(2,3)6-4(7)8;;/h1-3H3,(H,7,8);;/q;+1;-1. The van der Waals surface area contributed by atoms with Crippen molar-refractivity contribution < 1.29 is 35.7 Å². The Morgan fingerprint density at radius 1 is 1.56 bits per heavy atom. The van der Waals surface area contributed by atoms with Gasteiger partial charge in [-0.2, -0.15) is 0 Å². The predicted molar refractivity (Wildman–Crippen MR) is 43.5 cm³/mol. The Balaban J connectivity index is -0.000000245. The van der Waals surface area contributed by atoms with Crippen LogP contribution in [-0.2, 0) is 4.74 Å². The second kappa shape index (κ2) is 4.97. The van der Waals surface area contributed by atoms with Crippen molar-refractivity contribution in [1.29, 1.82) is 0 Å². The van der Waals surface area contributed by atoms with E-state index in [1.807, 2.05) is 20.8 Å². The number of thiocarbonyl (C=S) groups is 1. The van der Waals surface area contributed by atoms with Gasteiger partial charge < -0.3 is 6.16 Å². The summed E-state index contributed by atoms with van der Waals surface area (Å²) in [4.78, 5) is 0. The van der Waals surface area contributed by atoms with Crippen LogP contribution in [0.15, 0.2) is 0 Å². The van der Waals surface area contributed by atoms with Gasteiger partial charge in [0.1, 0.15) is 5.60 Å². The van der Waals surface area contributed by atoms with Crippen LogP contribution in [0.3, 0.4) is 0 Å². The summed E-state index contributed by atoms with van der Waals surface area (Å²) in [6.07, 6.45) is 0. The van der Waals surface area contributed by atoms with Gasteiger partial charge in [0.15, 0.2) is 0 Å². The molecule has 0 aromatic carbocycles. The molecule has 4 heteroatoms. The van der Waals surface area contributed by atoms with Crippen LogP contribution >= 0.6 is 24.8 Å². The molecule has 0 rings (SSSR count). The molecule has 0 fully saturated rings. The van der Waals surface area contributed by atoms with Crippen LogP contribution in [0, 0.1) is 0 Å². The van der Waals surface area contributed by atoms with Crippen molar-refractivity contribution in [2.75, 3.05) is 0 Å². The van der Waals surface area contributed by atoms with Crippen molar-refractivity contribution in [1.82, 2.24) is 0 Å². The average Bonchev–Trinajstić information content (AvgIpc) is 1.21. The summed E-state index contributed by atoms with van der Waals surface area (Å²) < 4.78 is 5.34. The van der Waals surface area contributed by atoms with Crippen LogP contribution in [-0.4, -0.2) is 9.98 Å². The minimum absolute atomic E-state index is 0. The van der Waals surface area contributed by atoms with E-state index in [9.17, 15) is 0 Å². The smallest absolute Gasteiger partial charge is 1.00 e. The largest absolute Gasteiger partial charge is 1.00 e. The molecule has 0 bridgehead atoms. The molecular formula is C5H11NaOS2. The zero-order valence-electron chi connectivity index (χ0n) is 7.26. The number of hydrogen-bond acceptors (Lipinski definition) is 2. The van der Waals surface area contributed by atoms with Crippen LogP contribution in [0.25, 0.3) is 0 Å². The Bertz CT molecular complexity index is 102. The van der Waals surface area contributed by atoms with E-state index >= 15 is 0 Å². The summed E-state index contributed by atoms with van der Waals surface area (Å²) in [5.74, 6) is 0. The summed E-state index contributed by atoms with van der Waals surface area (Å²) in [6, 6.07) is 0. The number of rotatable bonds is 0. The fourth-order valence-corrected chi connectivity index (χ4v) is 0.786. The first-order chi connectivity index (χ1) is 3.42. The van der Waals surface area contributed by atoms with Gasteiger partial charge in [-0.3, -0.25) is 0 Å². The summed E-state index contributed by atoms with van der Waals surface area (Å²) in [5.41, 5.74) is -0.196. The van der Waals surface area contributed by atoms with Crippen LogP contribution in [0.5, 0.6) is 0 Å². The normalized spacial score (nSPS) is 9.78. The van der Waals surface area contributed by atoms with E-state index in [-0.39, 0.29) is 36.6 Å². The average molecular weight is 174 g/mol. The van der Waals surface area contributed by atoms with Crippen LogP contribution in [0.2, 0.25) is 0 Å². The van der Waals surface area contributed by atoms with Gasteiger partial charge in [0.05, 0.1) is 0 Å². The Hall–Kier alpha value is 1.24. The third-order valence-electron chi connectivity index (χ3n) is 0.393. The van der Waals surface area contributed by atoms with Gasteiger partial charge in [-0.05, 0) is 33.0 Å². The first kappa shape index (κ1) is 12.9. The third-order valence-corrected chi connectivity index (χ3v) is 0.568. The molecule has 0 spiro atoms. The maximum Gasteiger partial charge on any atom is 1.00 e. The summed E-state index contributed by atoms with van der Waals surface area (Å²) in [6.45, 7) is 5.78. The number of hydrogen-bond donors (Lipinski definition) is 1. The van der Waals surface area contributed by atoms with Gasteiger partial charge in [-0.25, -0.2) is 0 Å². The van der Waals surface area contributed by atoms with Crippen molar-refractivity contribution in [3.8, 4) is 0 Å². The topological polar surface area (TPSA) is 9.23 Å². The quantitative estimate of drug-likeness (QED) is 0.290. The van der Waals surface area contributed by atoms with Crippen molar-refractivity contribution in [3.05, 3.63) is 0 Å². The van der Waals surface area contributed by atoms with E-state index in [0.29, 0.717) is 4.38 Å². The molecule has 0 aliphatic carbocycles. The van der Waals surface area contributed by atoms with E-state index < -0.39 is 0 Å². The molecule has 50 valence electrons. The maximum absolute atomic E-state index is 5.03. The van der Waals surface area contributed by atoms with Crippen LogP contribution in [0.1, 0.15) is 22.2 Å². The molecule has 0 aromatic heterocycles. The second-order valence-corrected chi connectivity index (χ2v) is 3.56. The molecule has 0 atom stereocenters. The molecule has 0 aliphatic heterocycles. The van der Waals surface area contributed by atoms with E-state index in [4.69, 9.17) is 4.74 Å². The zero-order chi connectivity index (χ0) is 6.78. The number of ether oxygens (including phenoxy) is 1. The van der Waals surface area contributed by atoms with Crippen molar-refractivity contribution in [2.24, 2.45) is 0 Å². The molecule has 0 heterocycles. The summed E-state index contributed by atoms with van der Waals surface area (Å²) in [5, 5.41) is 0. The van der Waals surface area contributed by atoms with Gasteiger partial charge in [0.25, 0.3) is 0 Å². The van der Waals surface area contributed by atoms with E-state index in [0.717, 1.165) is 0 Å². The Morgan fingerprint density at radius 2 is 1.89 bits per heavy atom. The fourth-order valence-electron chi connectivity index (χ4n) is 0.262. The monoisotopic (exact) mass is 174 g/mol. The predicted octanol–water partition coefficient (Wildman–Crippen LogP) is -0.867. The minimum atomic E-state index is -0.196. The third kappa shape index (κ3) is 12.4. The molecule has 0 amide bonds. The van der Waals surface area contributed by atoms with E-state index in [1.54, 1.807) is 0 Å². The molecule has 0 saturated heterocycles. The zero-order valence-corrected chi connectivity index (χ0v) is 9.97. The van der Waals surface area contributed by atoms with Gasteiger partial charge in [0.2, 0.25) is 4.38 Å². The van der Waals surface area contributed by atoms with Crippen molar-refractivity contribution in [3.63, 3.8) is 0 Å². The Labute approximate surface area is 90.7 Å². The molecule has 0 unspecified atom stereocenters. The molecule has 0 radical (unpaired) electrons. The van der Waals surface area contributed by atoms with Gasteiger partial charge in [-0.15, -0.1) is 0 Å². The molecule has 0 aliphatic rings. The Kier molecular flexibility index (Phi) is 7.10. The fraction of sp³-hybridized carbons (Fsp3) is 0.800. The van der Waals surface area contributed by atoms with E-state index in [1.165, 1.54) is 0 Å². The summed E-state index contributed by atoms with van der Waals surface area (Å²) >= 11 is 8.39. The van der Waals surface area contributed by atoms with Crippen molar-refractivity contribution >= 4 is 29.2 Å². The first-order valence-corrected chi connectivity index (χ1v) is 3.19. The first-order valence-electron chi connectivity index (χ1n) is 2.34. The van der Waals surface area contributed by atoms with Gasteiger partial charge >= 0.3 is 29.6 Å². The van der Waals surface area contributed by atoms with E-state index in [2.05, 4.69) is 24.8 Å². The Morgan fingerprint density at radius 3 is 1.89 bits per heavy atom. The SMILES string of the molecule is CC(C)(C)OC(=S)S.[H-].[Na+]. The van der Waals surface area contributed by atoms with Crippen LogP contribution < -0.4 is 29.6 Å². The number of thiol groups is 1. The van der Waals surface area contributed by atoms with Gasteiger partial charge in [-0.1, -0.05) is 12.6 Å². The minimum Gasteiger partial charge on any atom is -1.00 e. The molecule has 0 saturated carbocycles. The second-order valence-electron chi connectivity index (χ2n) is 2.48. The summed E-state index contributed by atoms with van der Waals surface area (Å²) in [7, 11) is 0. The molecule has 9 heavy (non-hydrogen) atoms. The van der Waals surface area contributed by atoms with Crippen LogP contribution in [0.4, 0.5) is 0 Å². The molecule has 0 N–H and O–H groups in total. The molecule has 1 nitrogen and oxygen atoms in total. The van der Waals surface area contributed by atoms with Gasteiger partial charge in [0, 0.05) is 0 Å².